The average Bonchev–Trinajstić information content (AvgIpc) is 2.70. The minimum Gasteiger partial charge on any atom is -0.508 e. The van der Waals surface area contributed by atoms with Gasteiger partial charge in [0.15, 0.2) is 23.0 Å². The molecule has 3 aliphatic carbocycles. The lowest BCUT2D eigenvalue weighted by Crippen LogP contribution is -2.57. The summed E-state index contributed by atoms with van der Waals surface area (Å²) in [6.07, 6.45) is -0.0115. The maximum atomic E-state index is 13.5. The number of carbonyl (C=O) groups is 4. The van der Waals surface area contributed by atoms with Gasteiger partial charge in [-0.1, -0.05) is 0 Å². The van der Waals surface area contributed by atoms with Crippen molar-refractivity contribution in [2.45, 2.75) is 38.7 Å². The third-order valence-electron chi connectivity index (χ3n) is 7.01. The van der Waals surface area contributed by atoms with Crippen molar-refractivity contribution >= 4 is 34.6 Å². The highest BCUT2D eigenvalue weighted by Gasteiger charge is 2.60. The highest BCUT2D eigenvalue weighted by atomic mass is 16.3. The summed E-state index contributed by atoms with van der Waals surface area (Å²) in [7, 11) is 3.48. The first kappa shape index (κ1) is 22.7. The molecule has 0 heterocycles. The largest absolute Gasteiger partial charge is 0.508 e. The van der Waals surface area contributed by atoms with E-state index in [0.717, 1.165) is 6.92 Å². The van der Waals surface area contributed by atoms with Crippen molar-refractivity contribution in [3.05, 3.63) is 39.7 Å². The number of fused-ring (bicyclic) bond motifs is 3. The second kappa shape index (κ2) is 7.28. The minimum atomic E-state index is -2.54. The smallest absolute Gasteiger partial charge is 0.202 e. The molecule has 0 spiro atoms. The number of ketones is 4. The van der Waals surface area contributed by atoms with Crippen LogP contribution in [0.4, 0.5) is 5.69 Å². The van der Waals surface area contributed by atoms with E-state index in [0.29, 0.717) is 11.3 Å². The molecule has 4 rings (SSSR count). The fourth-order valence-electron chi connectivity index (χ4n) is 5.45. The predicted octanol–water partition coefficient (Wildman–Crippen LogP) is 1.80. The number of aliphatic hydroxyl groups is 3. The lowest BCUT2D eigenvalue weighted by Gasteiger charge is -2.46. The number of Topliss-reactive ketones (excluding diaryl/α,β-unsaturated/α-hetero) is 4. The van der Waals surface area contributed by atoms with Gasteiger partial charge in [0.2, 0.25) is 5.78 Å². The Balaban J connectivity index is 1.99. The first-order valence-corrected chi connectivity index (χ1v) is 10.6. The molecule has 3 unspecified atom stereocenters. The van der Waals surface area contributed by atoms with E-state index in [-0.39, 0.29) is 36.0 Å². The Hall–Kier alpha value is -3.46. The first-order chi connectivity index (χ1) is 15.3. The zero-order chi connectivity index (χ0) is 24.6. The van der Waals surface area contributed by atoms with Crippen LogP contribution >= 0.6 is 0 Å². The molecular weight excluding hydrogens is 430 g/mol. The van der Waals surface area contributed by atoms with Gasteiger partial charge in [-0.3, -0.25) is 19.2 Å². The second-order valence-electron chi connectivity index (χ2n) is 9.19. The number of hydrogen-bond donors (Lipinski definition) is 4. The molecule has 1 fully saturated rings. The Labute approximate surface area is 189 Å². The molecule has 0 bridgehead atoms. The molecule has 3 aliphatic rings. The van der Waals surface area contributed by atoms with Gasteiger partial charge in [0, 0.05) is 37.7 Å². The molecule has 0 saturated heterocycles. The summed E-state index contributed by atoms with van der Waals surface area (Å²) in [5, 5.41) is 43.9. The minimum absolute atomic E-state index is 0.0345. The van der Waals surface area contributed by atoms with E-state index in [1.54, 1.807) is 19.0 Å². The van der Waals surface area contributed by atoms with Crippen LogP contribution in [-0.2, 0) is 20.8 Å². The summed E-state index contributed by atoms with van der Waals surface area (Å²) >= 11 is 0. The van der Waals surface area contributed by atoms with Crippen molar-refractivity contribution < 1.29 is 39.6 Å². The zero-order valence-electron chi connectivity index (χ0n) is 18.7. The summed E-state index contributed by atoms with van der Waals surface area (Å²) < 4.78 is 0. The number of benzene rings is 1. The molecule has 4 N–H and O–H groups in total. The van der Waals surface area contributed by atoms with Crippen molar-refractivity contribution in [1.29, 1.82) is 0 Å². The van der Waals surface area contributed by atoms with Crippen LogP contribution in [0, 0.1) is 11.8 Å². The van der Waals surface area contributed by atoms with Crippen LogP contribution in [0.2, 0.25) is 0 Å². The van der Waals surface area contributed by atoms with Gasteiger partial charge in [0.1, 0.15) is 22.8 Å². The van der Waals surface area contributed by atoms with Crippen LogP contribution in [0.3, 0.4) is 0 Å². The summed E-state index contributed by atoms with van der Waals surface area (Å²) in [5.74, 6) is -6.51. The van der Waals surface area contributed by atoms with Crippen LogP contribution in [0.15, 0.2) is 23.0 Å². The number of rotatable bonds is 3. The van der Waals surface area contributed by atoms with Crippen LogP contribution in [0.5, 0.6) is 5.75 Å². The van der Waals surface area contributed by atoms with Gasteiger partial charge in [-0.05, 0) is 44.2 Å². The van der Waals surface area contributed by atoms with E-state index >= 15 is 0 Å². The molecule has 0 aromatic heterocycles. The lowest BCUT2D eigenvalue weighted by molar-refractivity contribution is -0.147. The Bertz CT molecular complexity index is 1220. The number of allylic oxidation sites excluding steroid dienone is 1. The number of aliphatic hydroxyl groups excluding tert-OH is 2. The Morgan fingerprint density at radius 2 is 1.70 bits per heavy atom. The van der Waals surface area contributed by atoms with E-state index < -0.39 is 63.4 Å². The monoisotopic (exact) mass is 455 g/mol. The Morgan fingerprint density at radius 3 is 2.24 bits per heavy atom. The lowest BCUT2D eigenvalue weighted by atomic mass is 9.59. The van der Waals surface area contributed by atoms with Gasteiger partial charge in [-0.25, -0.2) is 0 Å². The van der Waals surface area contributed by atoms with Gasteiger partial charge in [0.25, 0.3) is 0 Å². The van der Waals surface area contributed by atoms with E-state index in [4.69, 9.17) is 0 Å². The average molecular weight is 455 g/mol. The molecule has 0 radical (unpaired) electrons. The van der Waals surface area contributed by atoms with Crippen LogP contribution < -0.4 is 4.90 Å². The topological polar surface area (TPSA) is 152 Å². The first-order valence-electron chi connectivity index (χ1n) is 10.6. The molecular formula is C24H25NO8. The molecule has 0 aliphatic heterocycles. The molecule has 9 heteroatoms. The zero-order valence-corrected chi connectivity index (χ0v) is 18.7. The number of carbonyl (C=O) groups excluding carboxylic acids is 4. The molecule has 33 heavy (non-hydrogen) atoms. The predicted molar refractivity (Wildman–Crippen MR) is 117 cm³/mol. The van der Waals surface area contributed by atoms with Crippen molar-refractivity contribution in [2.75, 3.05) is 19.0 Å². The van der Waals surface area contributed by atoms with Gasteiger partial charge >= 0.3 is 0 Å². The van der Waals surface area contributed by atoms with Crippen LogP contribution in [-0.4, -0.2) is 63.3 Å². The number of aromatic hydroxyl groups is 1. The summed E-state index contributed by atoms with van der Waals surface area (Å²) in [5.41, 5.74) is -2.36. The summed E-state index contributed by atoms with van der Waals surface area (Å²) in [4.78, 5) is 51.7. The molecule has 174 valence electrons. The normalized spacial score (nSPS) is 26.6. The third kappa shape index (κ3) is 2.95. The molecule has 1 saturated carbocycles. The Morgan fingerprint density at radius 1 is 1.06 bits per heavy atom. The third-order valence-corrected chi connectivity index (χ3v) is 7.01. The van der Waals surface area contributed by atoms with Gasteiger partial charge in [0.05, 0.1) is 11.1 Å². The number of nitrogens with zero attached hydrogens (tertiary/aromatic N) is 1. The van der Waals surface area contributed by atoms with E-state index in [1.165, 1.54) is 13.0 Å². The number of phenols is 1. The maximum absolute atomic E-state index is 13.5. The summed E-state index contributed by atoms with van der Waals surface area (Å²) in [6.45, 7) is 2.32. The van der Waals surface area contributed by atoms with Crippen molar-refractivity contribution in [3.8, 4) is 5.75 Å². The van der Waals surface area contributed by atoms with Crippen molar-refractivity contribution in [2.24, 2.45) is 11.8 Å². The van der Waals surface area contributed by atoms with E-state index in [2.05, 4.69) is 0 Å². The van der Waals surface area contributed by atoms with Gasteiger partial charge in [-0.2, -0.15) is 0 Å². The molecule has 1 aromatic rings. The highest BCUT2D eigenvalue weighted by molar-refractivity contribution is 6.23. The molecule has 0 amide bonds. The Kier molecular flexibility index (Phi) is 5.01. The van der Waals surface area contributed by atoms with Crippen molar-refractivity contribution in [1.82, 2.24) is 0 Å². The van der Waals surface area contributed by atoms with Gasteiger partial charge < -0.3 is 25.3 Å². The number of phenolic OH excluding ortho intramolecular Hbond substituents is 1. The quantitative estimate of drug-likeness (QED) is 0.395. The SMILES string of the molecule is CC(=O)C1=C(O)C2(O)C(=O)C3=C(O)c4c(O)c(C(C)=O)cc(N(C)C)c4CC3CC2CC1=O. The molecule has 3 atom stereocenters. The highest BCUT2D eigenvalue weighted by Crippen LogP contribution is 2.53. The van der Waals surface area contributed by atoms with E-state index in [9.17, 15) is 39.6 Å². The van der Waals surface area contributed by atoms with Crippen LogP contribution in [0.25, 0.3) is 5.76 Å². The number of anilines is 1. The summed E-state index contributed by atoms with van der Waals surface area (Å²) in [6, 6.07) is 1.52. The van der Waals surface area contributed by atoms with E-state index in [1.807, 2.05) is 0 Å². The maximum Gasteiger partial charge on any atom is 0.202 e. The molecule has 9 nitrogen and oxygen atoms in total. The van der Waals surface area contributed by atoms with Crippen molar-refractivity contribution in [3.63, 3.8) is 0 Å². The fraction of sp³-hybridized carbons (Fsp3) is 0.417. The van der Waals surface area contributed by atoms with Crippen LogP contribution in [0.1, 0.15) is 48.2 Å². The fourth-order valence-corrected chi connectivity index (χ4v) is 5.45. The number of hydrogen-bond acceptors (Lipinski definition) is 9. The van der Waals surface area contributed by atoms with Gasteiger partial charge in [-0.15, -0.1) is 0 Å². The molecule has 1 aromatic carbocycles. The second-order valence-corrected chi connectivity index (χ2v) is 9.19. The standard InChI is InChI=1S/C24H25NO8/c1-9(26)13-8-15(25(3)4)14-6-11-5-12-7-16(28)17(10(2)27)22(31)24(12,33)23(32)18(11)21(30)19(14)20(13)29/h8,11-12,29-31,33H,5-7H2,1-4H3.